The average molecular weight is 249 g/mol. The molecule has 0 bridgehead atoms. The van der Waals surface area contributed by atoms with Gasteiger partial charge in [-0.15, -0.1) is 11.3 Å². The first-order chi connectivity index (χ1) is 5.59. The Kier molecular flexibility index (Phi) is 3.75. The average Bonchev–Trinajstić information content (AvgIpc) is 2.26. The van der Waals surface area contributed by atoms with E-state index in [1.165, 1.54) is 14.2 Å². The van der Waals surface area contributed by atoms with Gasteiger partial charge in [-0.3, -0.25) is 0 Å². The molecule has 1 heterocycles. The van der Waals surface area contributed by atoms with E-state index in [1.807, 2.05) is 6.92 Å². The first kappa shape index (κ1) is 10.2. The monoisotopic (exact) mass is 248 g/mol. The molecule has 0 aliphatic heterocycles. The molecule has 1 nitrogen and oxygen atoms in total. The Hall–Kier alpha value is 0.140. The van der Waals surface area contributed by atoms with Crippen molar-refractivity contribution in [3.8, 4) is 0 Å². The Morgan fingerprint density at radius 3 is 2.75 bits per heavy atom. The van der Waals surface area contributed by atoms with Crippen molar-refractivity contribution in [3.63, 3.8) is 0 Å². The van der Waals surface area contributed by atoms with E-state index in [9.17, 15) is 0 Å². The summed E-state index contributed by atoms with van der Waals surface area (Å²) in [6, 6.07) is 2.13. The summed E-state index contributed by atoms with van der Waals surface area (Å²) in [6.07, 6.45) is 1.62. The molecule has 1 atom stereocenters. The molecule has 1 rings (SSSR count). The van der Waals surface area contributed by atoms with Crippen LogP contribution < -0.4 is 0 Å². The minimum atomic E-state index is -0.195. The number of aliphatic hydroxyl groups excluding tert-OH is 1. The van der Waals surface area contributed by atoms with Gasteiger partial charge < -0.3 is 5.11 Å². The Labute approximate surface area is 85.6 Å². The molecule has 0 fully saturated rings. The van der Waals surface area contributed by atoms with E-state index in [0.29, 0.717) is 0 Å². The van der Waals surface area contributed by atoms with Gasteiger partial charge in [0.2, 0.25) is 0 Å². The third-order valence-corrected chi connectivity index (χ3v) is 3.75. The van der Waals surface area contributed by atoms with E-state index in [0.717, 1.165) is 12.8 Å². The number of hydrogen-bond acceptors (Lipinski definition) is 2. The fraction of sp³-hybridized carbons (Fsp3) is 0.556. The molecule has 0 saturated heterocycles. The maximum absolute atomic E-state index is 9.10. The lowest BCUT2D eigenvalue weighted by Gasteiger charge is -2.01. The SMILES string of the molecule is Cc1cc(Br)c(CC[C@H](C)O)s1. The Morgan fingerprint density at radius 2 is 2.33 bits per heavy atom. The first-order valence-electron chi connectivity index (χ1n) is 4.02. The summed E-state index contributed by atoms with van der Waals surface area (Å²) in [5.41, 5.74) is 0. The molecule has 0 amide bonds. The van der Waals surface area contributed by atoms with Gasteiger partial charge in [-0.05, 0) is 48.7 Å². The molecule has 0 saturated carbocycles. The van der Waals surface area contributed by atoms with Crippen LogP contribution in [0.25, 0.3) is 0 Å². The second-order valence-corrected chi connectivity index (χ2v) is 5.21. The van der Waals surface area contributed by atoms with E-state index in [1.54, 1.807) is 11.3 Å². The zero-order valence-corrected chi connectivity index (χ0v) is 9.70. The molecular formula is C9H13BrOS. The number of halogens is 1. The van der Waals surface area contributed by atoms with E-state index in [2.05, 4.69) is 28.9 Å². The number of aliphatic hydroxyl groups is 1. The topological polar surface area (TPSA) is 20.2 Å². The van der Waals surface area contributed by atoms with Crippen LogP contribution in [0.15, 0.2) is 10.5 Å². The van der Waals surface area contributed by atoms with Gasteiger partial charge in [0, 0.05) is 14.2 Å². The molecule has 68 valence electrons. The number of aryl methyl sites for hydroxylation is 2. The first-order valence-corrected chi connectivity index (χ1v) is 5.63. The summed E-state index contributed by atoms with van der Waals surface area (Å²) in [4.78, 5) is 2.66. The van der Waals surface area contributed by atoms with Crippen LogP contribution in [0.1, 0.15) is 23.1 Å². The predicted octanol–water partition coefficient (Wildman–Crippen LogP) is 3.13. The van der Waals surface area contributed by atoms with Gasteiger partial charge in [0.15, 0.2) is 0 Å². The molecule has 3 heteroatoms. The van der Waals surface area contributed by atoms with Crippen LogP contribution in [-0.4, -0.2) is 11.2 Å². The van der Waals surface area contributed by atoms with Gasteiger partial charge in [-0.1, -0.05) is 0 Å². The molecule has 0 unspecified atom stereocenters. The van der Waals surface area contributed by atoms with E-state index in [4.69, 9.17) is 5.11 Å². The summed E-state index contributed by atoms with van der Waals surface area (Å²) in [5.74, 6) is 0. The molecule has 0 aliphatic carbocycles. The second-order valence-electron chi connectivity index (χ2n) is 3.02. The minimum absolute atomic E-state index is 0.195. The van der Waals surface area contributed by atoms with Crippen molar-refractivity contribution >= 4 is 27.3 Å². The maximum Gasteiger partial charge on any atom is 0.0515 e. The molecule has 1 N–H and O–H groups in total. The van der Waals surface area contributed by atoms with Crippen LogP contribution in [0.4, 0.5) is 0 Å². The van der Waals surface area contributed by atoms with Crippen molar-refractivity contribution in [1.29, 1.82) is 0 Å². The van der Waals surface area contributed by atoms with Gasteiger partial charge in [0.25, 0.3) is 0 Å². The standard InChI is InChI=1S/C9H13BrOS/c1-6(11)3-4-9-8(10)5-7(2)12-9/h5-6,11H,3-4H2,1-2H3/t6-/m0/s1. The highest BCUT2D eigenvalue weighted by Crippen LogP contribution is 2.28. The molecule has 0 aromatic carbocycles. The molecule has 1 aromatic heterocycles. The van der Waals surface area contributed by atoms with Crippen molar-refractivity contribution in [2.75, 3.05) is 0 Å². The molecule has 0 spiro atoms. The van der Waals surface area contributed by atoms with Crippen molar-refractivity contribution < 1.29 is 5.11 Å². The highest BCUT2D eigenvalue weighted by atomic mass is 79.9. The Balaban J connectivity index is 2.57. The zero-order chi connectivity index (χ0) is 9.14. The Morgan fingerprint density at radius 1 is 1.67 bits per heavy atom. The summed E-state index contributed by atoms with van der Waals surface area (Å²) in [5, 5.41) is 9.10. The quantitative estimate of drug-likeness (QED) is 0.872. The lowest BCUT2D eigenvalue weighted by Crippen LogP contribution is -2.00. The lowest BCUT2D eigenvalue weighted by molar-refractivity contribution is 0.185. The van der Waals surface area contributed by atoms with Crippen molar-refractivity contribution in [1.82, 2.24) is 0 Å². The third-order valence-electron chi connectivity index (χ3n) is 1.67. The highest BCUT2D eigenvalue weighted by Gasteiger charge is 2.05. The van der Waals surface area contributed by atoms with Crippen molar-refractivity contribution in [2.45, 2.75) is 32.8 Å². The lowest BCUT2D eigenvalue weighted by atomic mass is 10.2. The van der Waals surface area contributed by atoms with Crippen LogP contribution in [0.2, 0.25) is 0 Å². The van der Waals surface area contributed by atoms with Crippen molar-refractivity contribution in [2.24, 2.45) is 0 Å². The van der Waals surface area contributed by atoms with Crippen LogP contribution in [-0.2, 0) is 6.42 Å². The van der Waals surface area contributed by atoms with E-state index < -0.39 is 0 Å². The summed E-state index contributed by atoms with van der Waals surface area (Å²) in [7, 11) is 0. The van der Waals surface area contributed by atoms with Crippen LogP contribution >= 0.6 is 27.3 Å². The Bertz CT molecular complexity index is 255. The summed E-state index contributed by atoms with van der Waals surface area (Å²) < 4.78 is 1.19. The normalized spacial score (nSPS) is 13.3. The van der Waals surface area contributed by atoms with Gasteiger partial charge in [0.1, 0.15) is 0 Å². The largest absolute Gasteiger partial charge is 0.393 e. The zero-order valence-electron chi connectivity index (χ0n) is 7.30. The molecule has 0 aliphatic rings. The van der Waals surface area contributed by atoms with E-state index in [-0.39, 0.29) is 6.10 Å². The number of rotatable bonds is 3. The van der Waals surface area contributed by atoms with Gasteiger partial charge in [-0.2, -0.15) is 0 Å². The fourth-order valence-corrected chi connectivity index (χ4v) is 2.92. The molecular weight excluding hydrogens is 236 g/mol. The van der Waals surface area contributed by atoms with Gasteiger partial charge in [-0.25, -0.2) is 0 Å². The second kappa shape index (κ2) is 4.40. The van der Waals surface area contributed by atoms with Crippen molar-refractivity contribution in [3.05, 3.63) is 20.3 Å². The third kappa shape index (κ3) is 2.88. The van der Waals surface area contributed by atoms with Gasteiger partial charge in [0.05, 0.1) is 6.10 Å². The van der Waals surface area contributed by atoms with Crippen LogP contribution in [0, 0.1) is 6.92 Å². The summed E-state index contributed by atoms with van der Waals surface area (Å²) in [6.45, 7) is 3.93. The van der Waals surface area contributed by atoms with E-state index >= 15 is 0 Å². The molecule has 0 radical (unpaired) electrons. The minimum Gasteiger partial charge on any atom is -0.393 e. The number of thiophene rings is 1. The maximum atomic E-state index is 9.10. The highest BCUT2D eigenvalue weighted by molar-refractivity contribution is 9.10. The molecule has 12 heavy (non-hydrogen) atoms. The number of hydrogen-bond donors (Lipinski definition) is 1. The van der Waals surface area contributed by atoms with Crippen LogP contribution in [0.3, 0.4) is 0 Å². The smallest absolute Gasteiger partial charge is 0.0515 e. The molecule has 1 aromatic rings. The summed E-state index contributed by atoms with van der Waals surface area (Å²) >= 11 is 5.29. The predicted molar refractivity (Wildman–Crippen MR) is 56.8 cm³/mol. The van der Waals surface area contributed by atoms with Crippen LogP contribution in [0.5, 0.6) is 0 Å². The van der Waals surface area contributed by atoms with Gasteiger partial charge >= 0.3 is 0 Å². The fourth-order valence-electron chi connectivity index (χ4n) is 1.04.